The maximum absolute atomic E-state index is 13.2. The first-order valence-corrected chi connectivity index (χ1v) is 11.8. The van der Waals surface area contributed by atoms with Gasteiger partial charge < -0.3 is 20.0 Å². The van der Waals surface area contributed by atoms with Crippen molar-refractivity contribution in [1.82, 2.24) is 10.6 Å². The molecular weight excluding hydrogens is 426 g/mol. The van der Waals surface area contributed by atoms with Crippen molar-refractivity contribution in [3.8, 4) is 0 Å². The van der Waals surface area contributed by atoms with Crippen molar-refractivity contribution < 1.29 is 14.0 Å². The molecule has 2 heterocycles. The molecule has 2 aromatic carbocycles. The fourth-order valence-electron chi connectivity index (χ4n) is 4.14. The van der Waals surface area contributed by atoms with Crippen molar-refractivity contribution in [2.75, 3.05) is 18.0 Å². The van der Waals surface area contributed by atoms with E-state index < -0.39 is 0 Å². The van der Waals surface area contributed by atoms with Gasteiger partial charge in [0.1, 0.15) is 11.5 Å². The average molecular weight is 458 g/mol. The Morgan fingerprint density at radius 2 is 1.76 bits per heavy atom. The Morgan fingerprint density at radius 3 is 2.44 bits per heavy atom. The highest BCUT2D eigenvalue weighted by Crippen LogP contribution is 2.22. The number of rotatable bonds is 7. The van der Waals surface area contributed by atoms with E-state index in [0.29, 0.717) is 11.3 Å². The van der Waals surface area contributed by atoms with Gasteiger partial charge in [-0.1, -0.05) is 29.8 Å². The van der Waals surface area contributed by atoms with Gasteiger partial charge in [-0.25, -0.2) is 0 Å². The van der Waals surface area contributed by atoms with Crippen LogP contribution in [0.5, 0.6) is 0 Å². The third-order valence-electron chi connectivity index (χ3n) is 6.06. The Bertz CT molecular complexity index is 1140. The number of amides is 2. The van der Waals surface area contributed by atoms with E-state index in [1.807, 2.05) is 26.0 Å². The Labute approximate surface area is 200 Å². The first-order chi connectivity index (χ1) is 16.5. The van der Waals surface area contributed by atoms with Gasteiger partial charge in [0.05, 0.1) is 12.3 Å². The SMILES string of the molecule is Cc1cccc(C(=O)N/C(=C\c2ccco2)C(=O)N[C@@H](C)c2ccc(N3CCCCC3)cc2)c1. The molecule has 1 aromatic heterocycles. The van der Waals surface area contributed by atoms with Crippen LogP contribution in [-0.2, 0) is 4.79 Å². The molecule has 0 radical (unpaired) electrons. The minimum absolute atomic E-state index is 0.123. The van der Waals surface area contributed by atoms with Crippen LogP contribution in [0.25, 0.3) is 6.08 Å². The highest BCUT2D eigenvalue weighted by molar-refractivity contribution is 6.05. The molecule has 34 heavy (non-hydrogen) atoms. The molecular formula is C28H31N3O3. The van der Waals surface area contributed by atoms with Gasteiger partial charge in [-0.15, -0.1) is 0 Å². The molecule has 1 aliphatic heterocycles. The smallest absolute Gasteiger partial charge is 0.268 e. The second-order valence-electron chi connectivity index (χ2n) is 8.73. The predicted octanol–water partition coefficient (Wildman–Crippen LogP) is 5.23. The fourth-order valence-corrected chi connectivity index (χ4v) is 4.14. The first-order valence-electron chi connectivity index (χ1n) is 11.8. The number of hydrogen-bond acceptors (Lipinski definition) is 4. The van der Waals surface area contributed by atoms with E-state index in [2.05, 4.69) is 39.8 Å². The topological polar surface area (TPSA) is 74.6 Å². The standard InChI is InChI=1S/C28H31N3O3/c1-20-8-6-9-23(18-20)27(32)30-26(19-25-10-7-17-34-25)28(33)29-21(2)22-11-13-24(14-12-22)31-15-4-3-5-16-31/h6-14,17-19,21H,3-5,15-16H2,1-2H3,(H,29,33)(H,30,32)/b26-19-/t21-/m0/s1. The van der Waals surface area contributed by atoms with Crippen LogP contribution in [-0.4, -0.2) is 24.9 Å². The van der Waals surface area contributed by atoms with Crippen LogP contribution in [0, 0.1) is 6.92 Å². The molecule has 1 saturated heterocycles. The number of piperidine rings is 1. The minimum atomic E-state index is -0.384. The van der Waals surface area contributed by atoms with Crippen LogP contribution in [0.4, 0.5) is 5.69 Å². The number of nitrogens with one attached hydrogen (secondary N) is 2. The molecule has 0 spiro atoms. The van der Waals surface area contributed by atoms with E-state index in [0.717, 1.165) is 24.2 Å². The Hall–Kier alpha value is -3.80. The van der Waals surface area contributed by atoms with Crippen molar-refractivity contribution >= 4 is 23.6 Å². The van der Waals surface area contributed by atoms with Gasteiger partial charge in [-0.05, 0) is 75.1 Å². The molecule has 2 N–H and O–H groups in total. The van der Waals surface area contributed by atoms with Crippen molar-refractivity contribution in [3.05, 3.63) is 95.1 Å². The second kappa shape index (κ2) is 10.9. The molecule has 0 aliphatic carbocycles. The monoisotopic (exact) mass is 457 g/mol. The number of furan rings is 1. The molecule has 1 fully saturated rings. The number of aryl methyl sites for hydroxylation is 1. The Morgan fingerprint density at radius 1 is 1.00 bits per heavy atom. The molecule has 176 valence electrons. The largest absolute Gasteiger partial charge is 0.465 e. The minimum Gasteiger partial charge on any atom is -0.465 e. The van der Waals surface area contributed by atoms with E-state index in [4.69, 9.17) is 4.42 Å². The van der Waals surface area contributed by atoms with Crippen LogP contribution in [0.1, 0.15) is 59.5 Å². The molecule has 6 nitrogen and oxygen atoms in total. The summed E-state index contributed by atoms with van der Waals surface area (Å²) in [6.07, 6.45) is 6.82. The van der Waals surface area contributed by atoms with Gasteiger partial charge in [0.15, 0.2) is 0 Å². The van der Waals surface area contributed by atoms with Crippen molar-refractivity contribution in [1.29, 1.82) is 0 Å². The van der Waals surface area contributed by atoms with E-state index in [-0.39, 0.29) is 23.6 Å². The zero-order valence-electron chi connectivity index (χ0n) is 19.7. The number of nitrogens with zero attached hydrogens (tertiary/aromatic N) is 1. The molecule has 0 unspecified atom stereocenters. The Balaban J connectivity index is 1.47. The summed E-state index contributed by atoms with van der Waals surface area (Å²) >= 11 is 0. The average Bonchev–Trinajstić information content (AvgIpc) is 3.37. The second-order valence-corrected chi connectivity index (χ2v) is 8.73. The molecule has 2 amide bonds. The summed E-state index contributed by atoms with van der Waals surface area (Å²) in [7, 11) is 0. The number of hydrogen-bond donors (Lipinski definition) is 2. The van der Waals surface area contributed by atoms with Crippen LogP contribution in [0.2, 0.25) is 0 Å². The summed E-state index contributed by atoms with van der Waals surface area (Å²) in [5.41, 5.74) is 3.79. The quantitative estimate of drug-likeness (QED) is 0.477. The van der Waals surface area contributed by atoms with Crippen molar-refractivity contribution in [2.45, 2.75) is 39.2 Å². The predicted molar refractivity (Wildman–Crippen MR) is 134 cm³/mol. The Kier molecular flexibility index (Phi) is 7.48. The third kappa shape index (κ3) is 5.95. The van der Waals surface area contributed by atoms with Gasteiger partial charge >= 0.3 is 0 Å². The normalized spacial score (nSPS) is 15.0. The summed E-state index contributed by atoms with van der Waals surface area (Å²) in [4.78, 5) is 28.4. The molecule has 3 aromatic rings. The fraction of sp³-hybridized carbons (Fsp3) is 0.286. The lowest BCUT2D eigenvalue weighted by atomic mass is 10.1. The summed E-state index contributed by atoms with van der Waals surface area (Å²) < 4.78 is 5.37. The van der Waals surface area contributed by atoms with Gasteiger partial charge in [0, 0.05) is 30.4 Å². The van der Waals surface area contributed by atoms with Crippen LogP contribution < -0.4 is 15.5 Å². The number of benzene rings is 2. The lowest BCUT2D eigenvalue weighted by Gasteiger charge is -2.29. The van der Waals surface area contributed by atoms with Crippen LogP contribution >= 0.6 is 0 Å². The molecule has 0 bridgehead atoms. The third-order valence-corrected chi connectivity index (χ3v) is 6.06. The summed E-state index contributed by atoms with van der Waals surface area (Å²) in [6, 6.07) is 18.8. The van der Waals surface area contributed by atoms with Crippen molar-refractivity contribution in [3.63, 3.8) is 0 Å². The van der Waals surface area contributed by atoms with Gasteiger partial charge in [-0.3, -0.25) is 9.59 Å². The van der Waals surface area contributed by atoms with Gasteiger partial charge in [0.2, 0.25) is 0 Å². The zero-order chi connectivity index (χ0) is 23.9. The maximum Gasteiger partial charge on any atom is 0.268 e. The van der Waals surface area contributed by atoms with E-state index in [9.17, 15) is 9.59 Å². The van der Waals surface area contributed by atoms with Gasteiger partial charge in [0.25, 0.3) is 11.8 Å². The van der Waals surface area contributed by atoms with E-state index in [1.54, 1.807) is 24.3 Å². The van der Waals surface area contributed by atoms with E-state index >= 15 is 0 Å². The lowest BCUT2D eigenvalue weighted by Crippen LogP contribution is -2.36. The highest BCUT2D eigenvalue weighted by Gasteiger charge is 2.18. The number of carbonyl (C=O) groups is 2. The molecule has 1 aliphatic rings. The number of anilines is 1. The molecule has 1 atom stereocenters. The number of carbonyl (C=O) groups excluding carboxylic acids is 2. The van der Waals surface area contributed by atoms with E-state index in [1.165, 1.54) is 37.3 Å². The molecule has 0 saturated carbocycles. The highest BCUT2D eigenvalue weighted by atomic mass is 16.3. The van der Waals surface area contributed by atoms with Crippen LogP contribution in [0.3, 0.4) is 0 Å². The van der Waals surface area contributed by atoms with Crippen molar-refractivity contribution in [2.24, 2.45) is 0 Å². The lowest BCUT2D eigenvalue weighted by molar-refractivity contribution is -0.118. The molecule has 4 rings (SSSR count). The maximum atomic E-state index is 13.2. The molecule has 6 heteroatoms. The zero-order valence-corrected chi connectivity index (χ0v) is 19.7. The van der Waals surface area contributed by atoms with Crippen LogP contribution in [0.15, 0.2) is 77.0 Å². The van der Waals surface area contributed by atoms with Gasteiger partial charge in [-0.2, -0.15) is 0 Å². The summed E-state index contributed by atoms with van der Waals surface area (Å²) in [5, 5.41) is 5.75. The summed E-state index contributed by atoms with van der Waals surface area (Å²) in [6.45, 7) is 6.03. The summed E-state index contributed by atoms with van der Waals surface area (Å²) in [5.74, 6) is -0.256. The first kappa shape index (κ1) is 23.4.